The third kappa shape index (κ3) is 4.01. The summed E-state index contributed by atoms with van der Waals surface area (Å²) in [4.78, 5) is 7.23. The Morgan fingerprint density at radius 3 is 2.56 bits per heavy atom. The Morgan fingerprint density at radius 1 is 1.44 bits per heavy atom. The van der Waals surface area contributed by atoms with E-state index in [0.29, 0.717) is 11.5 Å². The van der Waals surface area contributed by atoms with Crippen LogP contribution >= 0.6 is 0 Å². The average molecular weight is 248 g/mol. The van der Waals surface area contributed by atoms with Gasteiger partial charge in [-0.15, -0.1) is 0 Å². The number of aliphatic imine (C=N–C) groups is 1. The van der Waals surface area contributed by atoms with Gasteiger partial charge in [0.2, 0.25) is 0 Å². The summed E-state index contributed by atoms with van der Waals surface area (Å²) in [5.74, 6) is 1.14. The van der Waals surface area contributed by atoms with Gasteiger partial charge in [-0.25, -0.2) is 4.99 Å². The van der Waals surface area contributed by atoms with Gasteiger partial charge in [-0.3, -0.25) is 0 Å². The van der Waals surface area contributed by atoms with E-state index in [4.69, 9.17) is 4.99 Å². The van der Waals surface area contributed by atoms with Crippen LogP contribution < -0.4 is 0 Å². The fraction of sp³-hybridized carbons (Fsp3) is 0.688. The van der Waals surface area contributed by atoms with Gasteiger partial charge < -0.3 is 4.90 Å². The molecule has 0 aromatic rings. The summed E-state index contributed by atoms with van der Waals surface area (Å²) in [6, 6.07) is 0.583. The van der Waals surface area contributed by atoms with Crippen molar-refractivity contribution in [3.8, 4) is 0 Å². The SMILES string of the molecule is C\C=C/C(C)=N\C(=C\CC)N1CC(C)(C)CC1C. The van der Waals surface area contributed by atoms with Crippen molar-refractivity contribution in [3.63, 3.8) is 0 Å². The van der Waals surface area contributed by atoms with Gasteiger partial charge in [-0.05, 0) is 51.2 Å². The molecule has 0 spiro atoms. The lowest BCUT2D eigenvalue weighted by Crippen LogP contribution is -2.27. The van der Waals surface area contributed by atoms with Crippen molar-refractivity contribution in [2.24, 2.45) is 10.4 Å². The molecule has 0 amide bonds. The zero-order valence-electron chi connectivity index (χ0n) is 12.8. The normalized spacial score (nSPS) is 25.2. The Morgan fingerprint density at radius 2 is 2.11 bits per heavy atom. The van der Waals surface area contributed by atoms with Crippen molar-refractivity contribution < 1.29 is 0 Å². The highest BCUT2D eigenvalue weighted by molar-refractivity contribution is 5.93. The lowest BCUT2D eigenvalue weighted by atomic mass is 9.91. The number of allylic oxidation sites excluding steroid dienone is 3. The van der Waals surface area contributed by atoms with Gasteiger partial charge in [-0.2, -0.15) is 0 Å². The molecule has 0 aromatic heterocycles. The van der Waals surface area contributed by atoms with Gasteiger partial charge in [0, 0.05) is 18.3 Å². The molecular formula is C16H28N2. The Hall–Kier alpha value is -1.05. The van der Waals surface area contributed by atoms with Gasteiger partial charge in [0.05, 0.1) is 0 Å². The van der Waals surface area contributed by atoms with Crippen LogP contribution in [0.3, 0.4) is 0 Å². The molecule has 0 aromatic carbocycles. The van der Waals surface area contributed by atoms with E-state index < -0.39 is 0 Å². The molecule has 1 rings (SSSR count). The van der Waals surface area contributed by atoms with Crippen molar-refractivity contribution in [2.45, 2.75) is 60.4 Å². The minimum atomic E-state index is 0.399. The summed E-state index contributed by atoms with van der Waals surface area (Å²) >= 11 is 0. The molecule has 2 nitrogen and oxygen atoms in total. The molecule has 0 N–H and O–H groups in total. The van der Waals surface area contributed by atoms with Gasteiger partial charge in [0.25, 0.3) is 0 Å². The monoisotopic (exact) mass is 248 g/mol. The largest absolute Gasteiger partial charge is 0.354 e. The first-order valence-electron chi connectivity index (χ1n) is 7.04. The van der Waals surface area contributed by atoms with Gasteiger partial charge in [0.1, 0.15) is 5.82 Å². The molecule has 2 heteroatoms. The highest BCUT2D eigenvalue weighted by Crippen LogP contribution is 2.36. The highest BCUT2D eigenvalue weighted by atomic mass is 15.3. The molecule has 1 aliphatic rings. The van der Waals surface area contributed by atoms with Crippen LogP contribution in [0.4, 0.5) is 0 Å². The van der Waals surface area contributed by atoms with Crippen LogP contribution in [0, 0.1) is 5.41 Å². The van der Waals surface area contributed by atoms with Gasteiger partial charge in [-0.1, -0.05) is 26.8 Å². The van der Waals surface area contributed by atoms with E-state index in [1.165, 1.54) is 6.42 Å². The molecule has 1 atom stereocenters. The number of likely N-dealkylation sites (tertiary alicyclic amines) is 1. The zero-order valence-corrected chi connectivity index (χ0v) is 12.8. The molecule has 0 aliphatic carbocycles. The Labute approximate surface area is 112 Å². The lowest BCUT2D eigenvalue weighted by Gasteiger charge is -2.25. The molecular weight excluding hydrogens is 220 g/mol. The molecule has 18 heavy (non-hydrogen) atoms. The molecule has 0 saturated carbocycles. The predicted molar refractivity (Wildman–Crippen MR) is 80.9 cm³/mol. The van der Waals surface area contributed by atoms with Crippen LogP contribution in [-0.4, -0.2) is 23.2 Å². The van der Waals surface area contributed by atoms with Crippen LogP contribution in [0.2, 0.25) is 0 Å². The Bertz CT molecular complexity index is 361. The van der Waals surface area contributed by atoms with Crippen LogP contribution in [0.1, 0.15) is 54.4 Å². The van der Waals surface area contributed by atoms with E-state index in [2.05, 4.69) is 51.7 Å². The molecule has 0 bridgehead atoms. The van der Waals surface area contributed by atoms with Crippen molar-refractivity contribution in [1.82, 2.24) is 4.90 Å². The molecule has 1 unspecified atom stereocenters. The summed E-state index contributed by atoms with van der Waals surface area (Å²) in [5.41, 5.74) is 1.48. The molecule has 0 radical (unpaired) electrons. The van der Waals surface area contributed by atoms with Crippen LogP contribution in [0.25, 0.3) is 0 Å². The van der Waals surface area contributed by atoms with Gasteiger partial charge in [0.15, 0.2) is 0 Å². The number of hydrogen-bond donors (Lipinski definition) is 0. The second-order valence-corrected chi connectivity index (χ2v) is 6.07. The average Bonchev–Trinajstić information content (AvgIpc) is 2.52. The topological polar surface area (TPSA) is 15.6 Å². The molecule has 1 heterocycles. The Kier molecular flexibility index (Phi) is 5.18. The summed E-state index contributed by atoms with van der Waals surface area (Å²) in [6.45, 7) is 14.4. The molecule has 1 saturated heterocycles. The second kappa shape index (κ2) is 6.21. The fourth-order valence-corrected chi connectivity index (χ4v) is 2.77. The van der Waals surface area contributed by atoms with E-state index in [1.54, 1.807) is 0 Å². The first-order chi connectivity index (χ1) is 8.39. The standard InChI is InChI=1S/C16H28N2/c1-7-9-13(3)17-15(10-8-2)18-12-16(5,6)11-14(18)4/h7,9-10,14H,8,11-12H2,1-6H3/b9-7-,15-10-,17-13-. The van der Waals surface area contributed by atoms with E-state index in [1.807, 2.05) is 13.0 Å². The predicted octanol–water partition coefficient (Wildman–Crippen LogP) is 4.40. The maximum atomic E-state index is 4.77. The summed E-state index contributed by atoms with van der Waals surface area (Å²) in [5, 5.41) is 0. The van der Waals surface area contributed by atoms with E-state index >= 15 is 0 Å². The molecule has 1 fully saturated rings. The molecule has 102 valence electrons. The van der Waals surface area contributed by atoms with Crippen molar-refractivity contribution in [1.29, 1.82) is 0 Å². The zero-order chi connectivity index (χ0) is 13.8. The molecule has 1 aliphatic heterocycles. The fourth-order valence-electron chi connectivity index (χ4n) is 2.77. The first kappa shape index (κ1) is 15.0. The van der Waals surface area contributed by atoms with Crippen LogP contribution in [0.15, 0.2) is 29.0 Å². The van der Waals surface area contributed by atoms with E-state index in [0.717, 1.165) is 24.5 Å². The number of nitrogens with zero attached hydrogens (tertiary/aromatic N) is 2. The quantitative estimate of drug-likeness (QED) is 0.673. The third-order valence-corrected chi connectivity index (χ3v) is 3.36. The summed E-state index contributed by atoms with van der Waals surface area (Å²) in [7, 11) is 0. The van der Waals surface area contributed by atoms with E-state index in [9.17, 15) is 0 Å². The minimum absolute atomic E-state index is 0.399. The summed E-state index contributed by atoms with van der Waals surface area (Å²) < 4.78 is 0. The van der Waals surface area contributed by atoms with Crippen molar-refractivity contribution in [2.75, 3.05) is 6.54 Å². The minimum Gasteiger partial charge on any atom is -0.354 e. The van der Waals surface area contributed by atoms with Crippen molar-refractivity contribution >= 4 is 5.71 Å². The third-order valence-electron chi connectivity index (χ3n) is 3.36. The number of hydrogen-bond acceptors (Lipinski definition) is 2. The summed E-state index contributed by atoms with van der Waals surface area (Å²) in [6.07, 6.45) is 8.62. The van der Waals surface area contributed by atoms with Crippen LogP contribution in [0.5, 0.6) is 0 Å². The van der Waals surface area contributed by atoms with Crippen molar-refractivity contribution in [3.05, 3.63) is 24.0 Å². The van der Waals surface area contributed by atoms with Crippen LogP contribution in [-0.2, 0) is 0 Å². The number of rotatable bonds is 4. The maximum absolute atomic E-state index is 4.77. The highest BCUT2D eigenvalue weighted by Gasteiger charge is 2.35. The smallest absolute Gasteiger partial charge is 0.124 e. The lowest BCUT2D eigenvalue weighted by molar-refractivity contribution is 0.313. The Balaban J connectivity index is 2.94. The first-order valence-corrected chi connectivity index (χ1v) is 7.04. The van der Waals surface area contributed by atoms with E-state index in [-0.39, 0.29) is 0 Å². The maximum Gasteiger partial charge on any atom is 0.124 e. The second-order valence-electron chi connectivity index (χ2n) is 6.07. The van der Waals surface area contributed by atoms with Gasteiger partial charge >= 0.3 is 0 Å².